The first-order valence-corrected chi connectivity index (χ1v) is 9.97. The second kappa shape index (κ2) is 7.64. The van der Waals surface area contributed by atoms with Crippen molar-refractivity contribution in [2.75, 3.05) is 11.5 Å². The average molecular weight is 371 g/mol. The third-order valence-corrected chi connectivity index (χ3v) is 6.93. The summed E-state index contributed by atoms with van der Waals surface area (Å²) in [7, 11) is -3.09. The molecule has 0 spiro atoms. The summed E-state index contributed by atoms with van der Waals surface area (Å²) in [6.45, 7) is 0. The monoisotopic (exact) mass is 370 g/mol. The second-order valence-electron chi connectivity index (χ2n) is 5.48. The molecule has 2 aromatic carbocycles. The first kappa shape index (κ1) is 17.4. The van der Waals surface area contributed by atoms with E-state index in [4.69, 9.17) is 11.6 Å². The van der Waals surface area contributed by atoms with E-state index < -0.39 is 7.14 Å². The second-order valence-corrected chi connectivity index (χ2v) is 8.74. The largest absolute Gasteiger partial charge is 0.313 e. The lowest BCUT2D eigenvalue weighted by Crippen LogP contribution is -2.26. The van der Waals surface area contributed by atoms with E-state index in [1.807, 2.05) is 36.4 Å². The number of nitrogens with one attached hydrogen (secondary N) is 1. The highest BCUT2D eigenvalue weighted by Crippen LogP contribution is 2.43. The molecule has 0 saturated carbocycles. The lowest BCUT2D eigenvalue weighted by atomic mass is 10.4. The van der Waals surface area contributed by atoms with Crippen LogP contribution in [0.5, 0.6) is 0 Å². The Morgan fingerprint density at radius 1 is 0.920 bits per heavy atom. The normalized spacial score (nSPS) is 11.1. The summed E-state index contributed by atoms with van der Waals surface area (Å²) in [5.74, 6) is 0.0212. The van der Waals surface area contributed by atoms with Gasteiger partial charge in [-0.05, 0) is 12.1 Å². The van der Waals surface area contributed by atoms with Gasteiger partial charge in [0.2, 0.25) is 5.91 Å². The quantitative estimate of drug-likeness (QED) is 0.697. The Bertz CT molecular complexity index is 856. The molecule has 0 radical (unpaired) electrons. The number of rotatable bonds is 5. The van der Waals surface area contributed by atoms with Crippen LogP contribution in [-0.2, 0) is 9.36 Å². The van der Waals surface area contributed by atoms with Crippen LogP contribution in [0.1, 0.15) is 0 Å². The molecule has 0 bridgehead atoms. The number of hydrogen-bond acceptors (Lipinski definition) is 3. The molecule has 0 aliphatic heterocycles. The van der Waals surface area contributed by atoms with E-state index in [-0.39, 0.29) is 12.1 Å². The van der Waals surface area contributed by atoms with Crippen molar-refractivity contribution < 1.29 is 9.36 Å². The number of carbonyl (C=O) groups excluding carboxylic acids is 1. The predicted molar refractivity (Wildman–Crippen MR) is 103 cm³/mol. The van der Waals surface area contributed by atoms with E-state index >= 15 is 0 Å². The third-order valence-electron chi connectivity index (χ3n) is 3.71. The highest BCUT2D eigenvalue weighted by molar-refractivity contribution is 7.79. The topological polar surface area (TPSA) is 59.1 Å². The van der Waals surface area contributed by atoms with E-state index in [9.17, 15) is 9.36 Å². The SMILES string of the molecule is O=C(CP(=O)(c1ccccc1)c1ccccc1)Nc1ccc(Cl)cn1. The van der Waals surface area contributed by atoms with Gasteiger partial charge in [0.05, 0.1) is 11.2 Å². The number of benzene rings is 2. The number of hydrogen-bond donors (Lipinski definition) is 1. The van der Waals surface area contributed by atoms with Gasteiger partial charge in [0.25, 0.3) is 0 Å². The van der Waals surface area contributed by atoms with Gasteiger partial charge < -0.3 is 9.88 Å². The molecule has 3 rings (SSSR count). The Hall–Kier alpha value is -2.42. The van der Waals surface area contributed by atoms with Crippen molar-refractivity contribution in [2.24, 2.45) is 0 Å². The van der Waals surface area contributed by atoms with Crippen LogP contribution in [-0.4, -0.2) is 17.1 Å². The molecule has 0 atom stereocenters. The fraction of sp³-hybridized carbons (Fsp3) is 0.0526. The number of aromatic nitrogens is 1. The summed E-state index contributed by atoms with van der Waals surface area (Å²) in [4.78, 5) is 16.5. The molecule has 0 fully saturated rings. The standard InChI is InChI=1S/C19H16ClN2O2P/c20-15-11-12-18(21-13-15)22-19(23)14-25(24,16-7-3-1-4-8-16)17-9-5-2-6-10-17/h1-13H,14H2,(H,21,22,23). The van der Waals surface area contributed by atoms with Gasteiger partial charge in [0.15, 0.2) is 7.14 Å². The zero-order chi connectivity index (χ0) is 17.7. The summed E-state index contributed by atoms with van der Waals surface area (Å²) in [6.07, 6.45) is 1.32. The highest BCUT2D eigenvalue weighted by atomic mass is 35.5. The van der Waals surface area contributed by atoms with Crippen molar-refractivity contribution in [2.45, 2.75) is 0 Å². The van der Waals surface area contributed by atoms with Crippen LogP contribution in [0.15, 0.2) is 79.0 Å². The molecule has 1 heterocycles. The van der Waals surface area contributed by atoms with Crippen molar-refractivity contribution >= 4 is 41.1 Å². The summed E-state index contributed by atoms with van der Waals surface area (Å²) in [6, 6.07) is 21.4. The minimum atomic E-state index is -3.09. The number of pyridine rings is 1. The van der Waals surface area contributed by atoms with Crippen LogP contribution in [0.2, 0.25) is 5.02 Å². The fourth-order valence-corrected chi connectivity index (χ4v) is 5.07. The summed E-state index contributed by atoms with van der Waals surface area (Å²) in [5.41, 5.74) is 0. The Morgan fingerprint density at radius 3 is 1.96 bits per heavy atom. The number of amides is 1. The fourth-order valence-electron chi connectivity index (χ4n) is 2.50. The highest BCUT2D eigenvalue weighted by Gasteiger charge is 2.30. The molecule has 25 heavy (non-hydrogen) atoms. The number of anilines is 1. The molecule has 0 unspecified atom stereocenters. The molecule has 1 aromatic heterocycles. The number of carbonyl (C=O) groups is 1. The van der Waals surface area contributed by atoms with Gasteiger partial charge in [0.1, 0.15) is 5.82 Å². The van der Waals surface area contributed by atoms with Crippen molar-refractivity contribution in [1.82, 2.24) is 4.98 Å². The number of halogens is 1. The van der Waals surface area contributed by atoms with Gasteiger partial charge in [-0.15, -0.1) is 0 Å². The Balaban J connectivity index is 1.89. The lowest BCUT2D eigenvalue weighted by molar-refractivity contribution is -0.113. The van der Waals surface area contributed by atoms with Crippen molar-refractivity contribution in [3.63, 3.8) is 0 Å². The molecular formula is C19H16ClN2O2P. The Kier molecular flexibility index (Phi) is 5.32. The molecule has 0 aliphatic carbocycles. The molecule has 6 heteroatoms. The van der Waals surface area contributed by atoms with Gasteiger partial charge in [0, 0.05) is 16.8 Å². The minimum absolute atomic E-state index is 0.134. The van der Waals surface area contributed by atoms with E-state index in [2.05, 4.69) is 10.3 Å². The zero-order valence-electron chi connectivity index (χ0n) is 13.3. The zero-order valence-corrected chi connectivity index (χ0v) is 15.0. The van der Waals surface area contributed by atoms with Gasteiger partial charge in [-0.25, -0.2) is 4.98 Å². The van der Waals surface area contributed by atoms with E-state index in [0.29, 0.717) is 21.4 Å². The van der Waals surface area contributed by atoms with Crippen molar-refractivity contribution in [3.05, 3.63) is 84.0 Å². The van der Waals surface area contributed by atoms with E-state index in [0.717, 1.165) is 0 Å². The molecule has 1 N–H and O–H groups in total. The Labute approximate surface area is 151 Å². The van der Waals surface area contributed by atoms with Crippen LogP contribution in [0, 0.1) is 0 Å². The summed E-state index contributed by atoms with van der Waals surface area (Å²) < 4.78 is 13.8. The van der Waals surface area contributed by atoms with Gasteiger partial charge in [-0.3, -0.25) is 4.79 Å². The first-order valence-electron chi connectivity index (χ1n) is 7.70. The molecule has 4 nitrogen and oxygen atoms in total. The molecule has 0 aliphatic rings. The van der Waals surface area contributed by atoms with E-state index in [1.165, 1.54) is 6.20 Å². The average Bonchev–Trinajstić information content (AvgIpc) is 2.65. The van der Waals surface area contributed by atoms with Crippen LogP contribution < -0.4 is 15.9 Å². The number of nitrogens with zero attached hydrogens (tertiary/aromatic N) is 1. The summed E-state index contributed by atoms with van der Waals surface area (Å²) in [5, 5.41) is 4.47. The van der Waals surface area contributed by atoms with E-state index in [1.54, 1.807) is 36.4 Å². The first-order chi connectivity index (χ1) is 12.1. The lowest BCUT2D eigenvalue weighted by Gasteiger charge is -2.19. The van der Waals surface area contributed by atoms with Crippen LogP contribution in [0.25, 0.3) is 0 Å². The predicted octanol–water partition coefficient (Wildman–Crippen LogP) is 3.69. The molecule has 0 saturated heterocycles. The minimum Gasteiger partial charge on any atom is -0.313 e. The maximum Gasteiger partial charge on any atom is 0.233 e. The van der Waals surface area contributed by atoms with Crippen LogP contribution in [0.4, 0.5) is 5.82 Å². The van der Waals surface area contributed by atoms with Gasteiger partial charge in [-0.2, -0.15) is 0 Å². The van der Waals surface area contributed by atoms with Crippen molar-refractivity contribution in [3.8, 4) is 0 Å². The molecule has 126 valence electrons. The maximum absolute atomic E-state index is 13.8. The third kappa shape index (κ3) is 4.16. The van der Waals surface area contributed by atoms with Gasteiger partial charge in [-0.1, -0.05) is 72.3 Å². The summed E-state index contributed by atoms with van der Waals surface area (Å²) >= 11 is 5.80. The molecule has 3 aromatic rings. The molecule has 1 amide bonds. The maximum atomic E-state index is 13.8. The van der Waals surface area contributed by atoms with Crippen LogP contribution >= 0.6 is 18.7 Å². The smallest absolute Gasteiger partial charge is 0.233 e. The van der Waals surface area contributed by atoms with Gasteiger partial charge >= 0.3 is 0 Å². The Morgan fingerprint density at radius 2 is 1.48 bits per heavy atom. The molecular weight excluding hydrogens is 355 g/mol. The van der Waals surface area contributed by atoms with Crippen molar-refractivity contribution in [1.29, 1.82) is 0 Å². The van der Waals surface area contributed by atoms with Crippen LogP contribution in [0.3, 0.4) is 0 Å².